The third-order valence-corrected chi connectivity index (χ3v) is 4.48. The van der Waals surface area contributed by atoms with Gasteiger partial charge in [-0.3, -0.25) is 0 Å². The molecule has 0 amide bonds. The lowest BCUT2D eigenvalue weighted by Gasteiger charge is -2.37. The van der Waals surface area contributed by atoms with E-state index in [-0.39, 0.29) is 0 Å². The third-order valence-electron chi connectivity index (χ3n) is 4.48. The minimum absolute atomic E-state index is 0.494. The van der Waals surface area contributed by atoms with E-state index in [9.17, 15) is 0 Å². The first-order chi connectivity index (χ1) is 9.26. The Kier molecular flexibility index (Phi) is 8.67. The van der Waals surface area contributed by atoms with E-state index in [1.165, 1.54) is 45.1 Å². The second-order valence-electron chi connectivity index (χ2n) is 6.01. The number of likely N-dealkylation sites (N-methyl/N-ethyl adjacent to an activating group) is 1. The van der Waals surface area contributed by atoms with Crippen molar-refractivity contribution in [2.75, 3.05) is 46.4 Å². The van der Waals surface area contributed by atoms with E-state index in [0.29, 0.717) is 5.41 Å². The van der Waals surface area contributed by atoms with Gasteiger partial charge in [-0.25, -0.2) is 0 Å². The van der Waals surface area contributed by atoms with Crippen molar-refractivity contribution in [2.24, 2.45) is 5.41 Å². The monoisotopic (exact) mass is 270 g/mol. The van der Waals surface area contributed by atoms with Crippen molar-refractivity contribution < 1.29 is 4.74 Å². The minimum atomic E-state index is 0.494. The van der Waals surface area contributed by atoms with Crippen molar-refractivity contribution in [3.05, 3.63) is 0 Å². The predicted octanol–water partition coefficient (Wildman–Crippen LogP) is 2.90. The van der Waals surface area contributed by atoms with Gasteiger partial charge >= 0.3 is 0 Å². The first-order valence-corrected chi connectivity index (χ1v) is 8.21. The van der Waals surface area contributed by atoms with Gasteiger partial charge < -0.3 is 15.0 Å². The number of nitrogens with one attached hydrogen (secondary N) is 1. The molecule has 114 valence electrons. The lowest BCUT2D eigenvalue weighted by atomic mass is 9.79. The number of hydrogen-bond donors (Lipinski definition) is 1. The van der Waals surface area contributed by atoms with Crippen LogP contribution in [-0.2, 0) is 4.74 Å². The van der Waals surface area contributed by atoms with Crippen LogP contribution in [0.1, 0.15) is 52.4 Å². The largest absolute Gasteiger partial charge is 0.380 e. The molecule has 0 atom stereocenters. The summed E-state index contributed by atoms with van der Waals surface area (Å²) in [5.74, 6) is 0. The standard InChI is InChI=1S/C16H34N2O/c1-4-18(12-13-19-5-2)15-16(14-17-3)10-8-6-7-9-11-16/h17H,4-15H2,1-3H3. The summed E-state index contributed by atoms with van der Waals surface area (Å²) in [6.45, 7) is 10.7. The van der Waals surface area contributed by atoms with Gasteiger partial charge in [0.15, 0.2) is 0 Å². The molecular weight excluding hydrogens is 236 g/mol. The molecule has 19 heavy (non-hydrogen) atoms. The minimum Gasteiger partial charge on any atom is -0.380 e. The van der Waals surface area contributed by atoms with Gasteiger partial charge in [0.25, 0.3) is 0 Å². The first-order valence-electron chi connectivity index (χ1n) is 8.21. The Morgan fingerprint density at radius 1 is 1.11 bits per heavy atom. The predicted molar refractivity (Wildman–Crippen MR) is 82.7 cm³/mol. The van der Waals surface area contributed by atoms with Crippen LogP contribution in [0.5, 0.6) is 0 Å². The van der Waals surface area contributed by atoms with Gasteiger partial charge in [-0.1, -0.05) is 32.6 Å². The molecule has 0 aliphatic heterocycles. The summed E-state index contributed by atoms with van der Waals surface area (Å²) in [6, 6.07) is 0. The van der Waals surface area contributed by atoms with E-state index >= 15 is 0 Å². The molecule has 1 aliphatic rings. The maximum Gasteiger partial charge on any atom is 0.0593 e. The molecule has 0 aromatic heterocycles. The Labute approximate surface area is 120 Å². The van der Waals surface area contributed by atoms with Crippen LogP contribution in [0.2, 0.25) is 0 Å². The first kappa shape index (κ1) is 16.9. The van der Waals surface area contributed by atoms with Gasteiger partial charge in [0.1, 0.15) is 0 Å². The van der Waals surface area contributed by atoms with E-state index in [0.717, 1.165) is 32.8 Å². The van der Waals surface area contributed by atoms with Crippen molar-refractivity contribution in [3.63, 3.8) is 0 Å². The number of ether oxygens (including phenoxy) is 1. The van der Waals surface area contributed by atoms with Gasteiger partial charge in [0, 0.05) is 26.2 Å². The van der Waals surface area contributed by atoms with E-state index in [2.05, 4.69) is 31.1 Å². The fraction of sp³-hybridized carbons (Fsp3) is 1.00. The molecule has 0 heterocycles. The zero-order valence-electron chi connectivity index (χ0n) is 13.3. The molecule has 1 fully saturated rings. The molecule has 1 rings (SSSR count). The molecule has 0 saturated heterocycles. The lowest BCUT2D eigenvalue weighted by Crippen LogP contribution is -2.44. The molecule has 0 bridgehead atoms. The van der Waals surface area contributed by atoms with Crippen LogP contribution in [-0.4, -0.2) is 51.3 Å². The number of hydrogen-bond acceptors (Lipinski definition) is 3. The number of rotatable bonds is 9. The van der Waals surface area contributed by atoms with Crippen LogP contribution in [0.25, 0.3) is 0 Å². The molecule has 1 N–H and O–H groups in total. The highest BCUT2D eigenvalue weighted by Gasteiger charge is 2.31. The molecule has 0 aromatic rings. The Balaban J connectivity index is 2.53. The average Bonchev–Trinajstić information content (AvgIpc) is 2.64. The van der Waals surface area contributed by atoms with Crippen LogP contribution in [0, 0.1) is 5.41 Å². The summed E-state index contributed by atoms with van der Waals surface area (Å²) in [7, 11) is 2.10. The van der Waals surface area contributed by atoms with E-state index in [1.807, 2.05) is 0 Å². The highest BCUT2D eigenvalue weighted by Crippen LogP contribution is 2.35. The van der Waals surface area contributed by atoms with Crippen molar-refractivity contribution in [2.45, 2.75) is 52.4 Å². The zero-order valence-corrected chi connectivity index (χ0v) is 13.3. The molecule has 0 radical (unpaired) electrons. The molecule has 3 heteroatoms. The fourth-order valence-corrected chi connectivity index (χ4v) is 3.41. The van der Waals surface area contributed by atoms with E-state index < -0.39 is 0 Å². The van der Waals surface area contributed by atoms with Crippen LogP contribution in [0.15, 0.2) is 0 Å². The molecule has 0 unspecified atom stereocenters. The summed E-state index contributed by atoms with van der Waals surface area (Å²) < 4.78 is 5.52. The summed E-state index contributed by atoms with van der Waals surface area (Å²) in [5, 5.41) is 3.44. The lowest BCUT2D eigenvalue weighted by molar-refractivity contribution is 0.0822. The quantitative estimate of drug-likeness (QED) is 0.515. The normalized spacial score (nSPS) is 19.6. The highest BCUT2D eigenvalue weighted by molar-refractivity contribution is 4.86. The topological polar surface area (TPSA) is 24.5 Å². The Morgan fingerprint density at radius 2 is 1.79 bits per heavy atom. The SMILES string of the molecule is CCOCCN(CC)CC1(CNC)CCCCCC1. The van der Waals surface area contributed by atoms with Gasteiger partial charge in [0.05, 0.1) is 6.61 Å². The molecule has 1 saturated carbocycles. The third kappa shape index (κ3) is 6.24. The van der Waals surface area contributed by atoms with Crippen LogP contribution in [0.3, 0.4) is 0 Å². The summed E-state index contributed by atoms with van der Waals surface area (Å²) in [4.78, 5) is 2.58. The van der Waals surface area contributed by atoms with Crippen molar-refractivity contribution in [3.8, 4) is 0 Å². The molecule has 0 aromatic carbocycles. The van der Waals surface area contributed by atoms with Gasteiger partial charge in [-0.15, -0.1) is 0 Å². The van der Waals surface area contributed by atoms with Crippen LogP contribution >= 0.6 is 0 Å². The second-order valence-corrected chi connectivity index (χ2v) is 6.01. The van der Waals surface area contributed by atoms with Gasteiger partial charge in [0.2, 0.25) is 0 Å². The van der Waals surface area contributed by atoms with Crippen molar-refractivity contribution in [1.29, 1.82) is 0 Å². The molecular formula is C16H34N2O. The van der Waals surface area contributed by atoms with Gasteiger partial charge in [-0.05, 0) is 38.8 Å². The Bertz CT molecular complexity index is 213. The number of nitrogens with zero attached hydrogens (tertiary/aromatic N) is 1. The summed E-state index contributed by atoms with van der Waals surface area (Å²) >= 11 is 0. The van der Waals surface area contributed by atoms with Gasteiger partial charge in [-0.2, -0.15) is 0 Å². The van der Waals surface area contributed by atoms with E-state index in [4.69, 9.17) is 4.74 Å². The van der Waals surface area contributed by atoms with E-state index in [1.54, 1.807) is 0 Å². The highest BCUT2D eigenvalue weighted by atomic mass is 16.5. The van der Waals surface area contributed by atoms with Crippen LogP contribution < -0.4 is 5.32 Å². The summed E-state index contributed by atoms with van der Waals surface area (Å²) in [6.07, 6.45) is 8.44. The average molecular weight is 270 g/mol. The molecule has 0 spiro atoms. The molecule has 3 nitrogen and oxygen atoms in total. The summed E-state index contributed by atoms with van der Waals surface area (Å²) in [5.41, 5.74) is 0.494. The van der Waals surface area contributed by atoms with Crippen LogP contribution in [0.4, 0.5) is 0 Å². The Hall–Kier alpha value is -0.120. The zero-order chi connectivity index (χ0) is 14.0. The molecule has 1 aliphatic carbocycles. The Morgan fingerprint density at radius 3 is 2.32 bits per heavy atom. The van der Waals surface area contributed by atoms with Crippen molar-refractivity contribution >= 4 is 0 Å². The second kappa shape index (κ2) is 9.73. The van der Waals surface area contributed by atoms with Crippen molar-refractivity contribution in [1.82, 2.24) is 10.2 Å². The smallest absolute Gasteiger partial charge is 0.0593 e. The fourth-order valence-electron chi connectivity index (χ4n) is 3.41. The maximum absolute atomic E-state index is 5.52. The maximum atomic E-state index is 5.52.